The van der Waals surface area contributed by atoms with Crippen molar-refractivity contribution < 1.29 is 16.8 Å². The van der Waals surface area contributed by atoms with E-state index in [9.17, 15) is 16.8 Å². The van der Waals surface area contributed by atoms with Gasteiger partial charge in [-0.3, -0.25) is 0 Å². The predicted molar refractivity (Wildman–Crippen MR) is 85.1 cm³/mol. The first-order valence-electron chi connectivity index (χ1n) is 5.92. The lowest BCUT2D eigenvalue weighted by Crippen LogP contribution is -2.30. The topological polar surface area (TPSA) is 80.3 Å². The Bertz CT molecular complexity index is 908. The molecule has 0 atom stereocenters. The molecular weight excluding hydrogens is 369 g/mol. The monoisotopic (exact) mass is 379 g/mol. The molecule has 0 saturated carbocycles. The van der Waals surface area contributed by atoms with Crippen molar-refractivity contribution in [1.82, 2.24) is 4.13 Å². The third-order valence-electron chi connectivity index (χ3n) is 2.72. The molecule has 0 aliphatic carbocycles. The van der Waals surface area contributed by atoms with Crippen LogP contribution < -0.4 is 4.13 Å². The lowest BCUT2D eigenvalue weighted by Gasteiger charge is -2.09. The number of halogens is 2. The molecule has 5 nitrogen and oxygen atoms in total. The third-order valence-corrected chi connectivity index (χ3v) is 6.98. The Kier molecular flexibility index (Phi) is 4.84. The van der Waals surface area contributed by atoms with Gasteiger partial charge in [0.05, 0.1) is 9.92 Å². The molecule has 0 fully saturated rings. The van der Waals surface area contributed by atoms with E-state index in [-0.39, 0.29) is 14.8 Å². The van der Waals surface area contributed by atoms with Crippen molar-refractivity contribution in [1.29, 1.82) is 0 Å². The van der Waals surface area contributed by atoms with Gasteiger partial charge in [0, 0.05) is 5.02 Å². The highest BCUT2D eigenvalue weighted by Gasteiger charge is 2.26. The van der Waals surface area contributed by atoms with Gasteiger partial charge in [0.15, 0.2) is 0 Å². The van der Waals surface area contributed by atoms with Crippen LogP contribution in [-0.2, 0) is 20.0 Å². The van der Waals surface area contributed by atoms with Crippen LogP contribution in [0, 0.1) is 6.92 Å². The standard InChI is InChI=1S/C13H11Cl2NO4S2/c1-9-2-7-13(12(15)8-9)22(19,20)16-21(17,18)11-5-3-10(14)4-6-11/h2-8,16H,1H3. The highest BCUT2D eigenvalue weighted by atomic mass is 35.5. The molecule has 0 amide bonds. The maximum absolute atomic E-state index is 12.2. The van der Waals surface area contributed by atoms with Crippen molar-refractivity contribution in [2.75, 3.05) is 0 Å². The van der Waals surface area contributed by atoms with Gasteiger partial charge in [-0.2, -0.15) is 0 Å². The number of nitrogens with one attached hydrogen (secondary N) is 1. The van der Waals surface area contributed by atoms with Crippen LogP contribution in [0.5, 0.6) is 0 Å². The lowest BCUT2D eigenvalue weighted by atomic mass is 10.2. The van der Waals surface area contributed by atoms with Crippen LogP contribution in [0.1, 0.15) is 5.56 Å². The van der Waals surface area contributed by atoms with Gasteiger partial charge in [0.25, 0.3) is 20.0 Å². The van der Waals surface area contributed by atoms with Crippen LogP contribution in [0.3, 0.4) is 0 Å². The SMILES string of the molecule is Cc1ccc(S(=O)(=O)NS(=O)(=O)c2ccc(Cl)cc2)c(Cl)c1. The van der Waals surface area contributed by atoms with Crippen molar-refractivity contribution >= 4 is 43.2 Å². The molecule has 0 bridgehead atoms. The highest BCUT2D eigenvalue weighted by Crippen LogP contribution is 2.24. The molecule has 1 N–H and O–H groups in total. The third kappa shape index (κ3) is 3.80. The van der Waals surface area contributed by atoms with Crippen LogP contribution in [-0.4, -0.2) is 16.8 Å². The van der Waals surface area contributed by atoms with Gasteiger partial charge in [-0.05, 0) is 48.9 Å². The minimum atomic E-state index is -4.33. The van der Waals surface area contributed by atoms with Gasteiger partial charge in [-0.25, -0.2) is 16.8 Å². The second-order valence-corrected chi connectivity index (χ2v) is 8.91. The Balaban J connectivity index is 2.41. The Morgan fingerprint density at radius 1 is 0.864 bits per heavy atom. The average Bonchev–Trinajstić information content (AvgIpc) is 2.37. The summed E-state index contributed by atoms with van der Waals surface area (Å²) < 4.78 is 50.4. The highest BCUT2D eigenvalue weighted by molar-refractivity contribution is 8.04. The first-order valence-corrected chi connectivity index (χ1v) is 9.64. The summed E-state index contributed by atoms with van der Waals surface area (Å²) in [5.74, 6) is 0. The van der Waals surface area contributed by atoms with Crippen molar-refractivity contribution in [3.63, 3.8) is 0 Å². The molecule has 0 saturated heterocycles. The summed E-state index contributed by atoms with van der Waals surface area (Å²) in [4.78, 5) is -0.527. The van der Waals surface area contributed by atoms with Gasteiger partial charge in [-0.15, -0.1) is 4.13 Å². The van der Waals surface area contributed by atoms with Gasteiger partial charge in [0.1, 0.15) is 4.90 Å². The number of rotatable bonds is 4. The molecule has 0 unspecified atom stereocenters. The van der Waals surface area contributed by atoms with Crippen LogP contribution >= 0.6 is 23.2 Å². The summed E-state index contributed by atoms with van der Waals surface area (Å²) in [6.45, 7) is 1.74. The van der Waals surface area contributed by atoms with Crippen LogP contribution in [0.4, 0.5) is 0 Å². The molecule has 0 aliphatic heterocycles. The van der Waals surface area contributed by atoms with Crippen molar-refractivity contribution in [2.24, 2.45) is 0 Å². The minimum Gasteiger partial charge on any atom is -0.206 e. The Hall–Kier alpha value is -1.12. The maximum Gasteiger partial charge on any atom is 0.255 e. The summed E-state index contributed by atoms with van der Waals surface area (Å²) in [6, 6.07) is 9.31. The summed E-state index contributed by atoms with van der Waals surface area (Å²) in [7, 11) is -8.59. The molecule has 0 heterocycles. The van der Waals surface area contributed by atoms with E-state index in [1.807, 2.05) is 0 Å². The maximum atomic E-state index is 12.2. The first-order chi connectivity index (χ1) is 10.1. The van der Waals surface area contributed by atoms with E-state index >= 15 is 0 Å². The Labute approximate surface area is 139 Å². The molecule has 2 aromatic rings. The molecule has 2 rings (SSSR count). The molecule has 0 radical (unpaired) electrons. The quantitative estimate of drug-likeness (QED) is 0.885. The van der Waals surface area contributed by atoms with E-state index in [0.717, 1.165) is 5.56 Å². The zero-order valence-corrected chi connectivity index (χ0v) is 14.4. The summed E-state index contributed by atoms with van der Waals surface area (Å²) in [5, 5.41) is 0.280. The number of hydrogen-bond acceptors (Lipinski definition) is 4. The van der Waals surface area contributed by atoms with Gasteiger partial charge >= 0.3 is 0 Å². The van der Waals surface area contributed by atoms with Crippen LogP contribution in [0.25, 0.3) is 0 Å². The average molecular weight is 380 g/mol. The van der Waals surface area contributed by atoms with Gasteiger partial charge in [-0.1, -0.05) is 29.3 Å². The van der Waals surface area contributed by atoms with Gasteiger partial charge in [0.2, 0.25) is 0 Å². The van der Waals surface area contributed by atoms with Gasteiger partial charge < -0.3 is 0 Å². The van der Waals surface area contributed by atoms with Crippen molar-refractivity contribution in [3.05, 3.63) is 58.1 Å². The number of aryl methyl sites for hydroxylation is 1. The molecule has 0 aliphatic rings. The zero-order chi connectivity index (χ0) is 16.5. The summed E-state index contributed by atoms with van der Waals surface area (Å²) in [6.07, 6.45) is 0. The number of hydrogen-bond donors (Lipinski definition) is 1. The zero-order valence-electron chi connectivity index (χ0n) is 11.2. The van der Waals surface area contributed by atoms with E-state index < -0.39 is 20.0 Å². The molecular formula is C13H11Cl2NO4S2. The normalized spacial score (nSPS) is 12.3. The first kappa shape index (κ1) is 17.2. The second-order valence-electron chi connectivity index (χ2n) is 4.48. The smallest absolute Gasteiger partial charge is 0.206 e. The summed E-state index contributed by atoms with van der Waals surface area (Å²) >= 11 is 11.6. The lowest BCUT2D eigenvalue weighted by molar-refractivity contribution is 0.577. The van der Waals surface area contributed by atoms with E-state index in [4.69, 9.17) is 23.2 Å². The Morgan fingerprint density at radius 2 is 1.45 bits per heavy atom. The van der Waals surface area contributed by atoms with E-state index in [2.05, 4.69) is 0 Å². The number of benzene rings is 2. The van der Waals surface area contributed by atoms with E-state index in [1.54, 1.807) is 11.1 Å². The summed E-state index contributed by atoms with van der Waals surface area (Å²) in [5.41, 5.74) is 0.754. The molecule has 22 heavy (non-hydrogen) atoms. The van der Waals surface area contributed by atoms with Crippen LogP contribution in [0.2, 0.25) is 10.0 Å². The fourth-order valence-electron chi connectivity index (χ4n) is 1.67. The molecule has 2 aromatic carbocycles. The predicted octanol–water partition coefficient (Wildman–Crippen LogP) is 2.97. The molecule has 0 aromatic heterocycles. The van der Waals surface area contributed by atoms with E-state index in [0.29, 0.717) is 5.02 Å². The molecule has 9 heteroatoms. The minimum absolute atomic E-state index is 0.0567. The second kappa shape index (κ2) is 6.17. The molecule has 0 spiro atoms. The molecule has 118 valence electrons. The van der Waals surface area contributed by atoms with Crippen molar-refractivity contribution in [3.8, 4) is 0 Å². The van der Waals surface area contributed by atoms with E-state index in [1.165, 1.54) is 42.5 Å². The Morgan fingerprint density at radius 3 is 2.00 bits per heavy atom. The fourth-order valence-corrected chi connectivity index (χ4v) is 5.30. The van der Waals surface area contributed by atoms with Crippen molar-refractivity contribution in [2.45, 2.75) is 16.7 Å². The fraction of sp³-hybridized carbons (Fsp3) is 0.0769. The number of sulfonamides is 2. The largest absolute Gasteiger partial charge is 0.255 e. The van der Waals surface area contributed by atoms with Crippen LogP contribution in [0.15, 0.2) is 52.3 Å².